The molecule has 31 heavy (non-hydrogen) atoms. The molecule has 2 aromatic carbocycles. The molecule has 0 bridgehead atoms. The molecule has 0 radical (unpaired) electrons. The number of carbonyl (C=O) groups is 2. The molecule has 6 nitrogen and oxygen atoms in total. The van der Waals surface area contributed by atoms with Crippen LogP contribution in [0.25, 0.3) is 0 Å². The fraction of sp³-hybridized carbons (Fsp3) is 0.217. The van der Waals surface area contributed by atoms with Crippen LogP contribution in [0.1, 0.15) is 46.0 Å². The van der Waals surface area contributed by atoms with Crippen LogP contribution in [0.5, 0.6) is 0 Å². The van der Waals surface area contributed by atoms with E-state index in [2.05, 4.69) is 20.6 Å². The Morgan fingerprint density at radius 2 is 1.58 bits per heavy atom. The lowest BCUT2D eigenvalue weighted by molar-refractivity contribution is 0.0906. The van der Waals surface area contributed by atoms with E-state index >= 15 is 0 Å². The maximum absolute atomic E-state index is 13.0. The molecule has 2 amide bonds. The summed E-state index contributed by atoms with van der Waals surface area (Å²) in [5.74, 6) is -1.41. The Morgan fingerprint density at radius 1 is 0.968 bits per heavy atom. The minimum absolute atomic E-state index is 0.0685. The molecular weight excluding hydrogens is 419 g/mol. The van der Waals surface area contributed by atoms with Gasteiger partial charge in [-0.2, -0.15) is 0 Å². The minimum Gasteiger partial charge on any atom is -0.350 e. The summed E-state index contributed by atoms with van der Waals surface area (Å²) in [6.45, 7) is 4.43. The Morgan fingerprint density at radius 3 is 2.19 bits per heavy atom. The maximum Gasteiger partial charge on any atom is 0.272 e. The molecule has 0 aliphatic heterocycles. The van der Waals surface area contributed by atoms with Crippen LogP contribution in [0.3, 0.4) is 0 Å². The number of hydrogen-bond acceptors (Lipinski definition) is 4. The van der Waals surface area contributed by atoms with Gasteiger partial charge >= 0.3 is 0 Å². The van der Waals surface area contributed by atoms with E-state index in [1.54, 1.807) is 18.2 Å². The van der Waals surface area contributed by atoms with Crippen LogP contribution in [-0.2, 0) is 12.0 Å². The lowest BCUT2D eigenvalue weighted by Gasteiger charge is -2.26. The van der Waals surface area contributed by atoms with E-state index in [0.717, 1.165) is 5.56 Å². The van der Waals surface area contributed by atoms with E-state index in [-0.39, 0.29) is 23.7 Å². The summed E-state index contributed by atoms with van der Waals surface area (Å²) >= 11 is 6.08. The van der Waals surface area contributed by atoms with Crippen LogP contribution in [0.4, 0.5) is 4.39 Å². The highest BCUT2D eigenvalue weighted by Crippen LogP contribution is 2.25. The van der Waals surface area contributed by atoms with Crippen molar-refractivity contribution in [2.75, 3.05) is 6.54 Å². The van der Waals surface area contributed by atoms with Gasteiger partial charge in [0.15, 0.2) is 11.4 Å². The smallest absolute Gasteiger partial charge is 0.272 e. The Hall–Kier alpha value is -3.32. The van der Waals surface area contributed by atoms with Crippen LogP contribution in [0.2, 0.25) is 5.02 Å². The second-order valence-electron chi connectivity index (χ2n) is 7.64. The number of aromatic nitrogens is 2. The van der Waals surface area contributed by atoms with Crippen LogP contribution in [0, 0.1) is 5.82 Å². The fourth-order valence-corrected chi connectivity index (χ4v) is 3.13. The van der Waals surface area contributed by atoms with Gasteiger partial charge in [0.25, 0.3) is 11.8 Å². The van der Waals surface area contributed by atoms with Crippen molar-refractivity contribution in [3.8, 4) is 0 Å². The molecule has 0 fully saturated rings. The van der Waals surface area contributed by atoms with Gasteiger partial charge in [0.2, 0.25) is 0 Å². The van der Waals surface area contributed by atoms with E-state index in [0.29, 0.717) is 17.1 Å². The first-order chi connectivity index (χ1) is 14.8. The quantitative estimate of drug-likeness (QED) is 0.583. The highest BCUT2D eigenvalue weighted by molar-refractivity contribution is 6.30. The van der Waals surface area contributed by atoms with E-state index in [1.165, 1.54) is 24.5 Å². The SMILES string of the molecule is CC(C)(CNC(=O)c1nccnc1C(=O)NCc1ccc(F)cc1)c1cccc(Cl)c1. The van der Waals surface area contributed by atoms with Gasteiger partial charge in [-0.1, -0.05) is 49.7 Å². The molecule has 0 saturated heterocycles. The first kappa shape index (κ1) is 22.4. The van der Waals surface area contributed by atoms with Gasteiger partial charge in [-0.3, -0.25) is 9.59 Å². The molecule has 3 aromatic rings. The van der Waals surface area contributed by atoms with Crippen molar-refractivity contribution in [2.24, 2.45) is 0 Å². The molecule has 3 rings (SSSR count). The van der Waals surface area contributed by atoms with Gasteiger partial charge in [-0.15, -0.1) is 0 Å². The fourth-order valence-electron chi connectivity index (χ4n) is 2.94. The van der Waals surface area contributed by atoms with Gasteiger partial charge in [-0.25, -0.2) is 14.4 Å². The van der Waals surface area contributed by atoms with Crippen molar-refractivity contribution in [1.82, 2.24) is 20.6 Å². The second kappa shape index (κ2) is 9.66. The number of halogens is 2. The highest BCUT2D eigenvalue weighted by atomic mass is 35.5. The predicted molar refractivity (Wildman–Crippen MR) is 116 cm³/mol. The Balaban J connectivity index is 1.68. The summed E-state index contributed by atoms with van der Waals surface area (Å²) in [6, 6.07) is 13.2. The summed E-state index contributed by atoms with van der Waals surface area (Å²) < 4.78 is 13.0. The average Bonchev–Trinajstić information content (AvgIpc) is 2.77. The third-order valence-electron chi connectivity index (χ3n) is 4.79. The molecule has 0 aliphatic carbocycles. The second-order valence-corrected chi connectivity index (χ2v) is 8.08. The summed E-state index contributed by atoms with van der Waals surface area (Å²) in [5.41, 5.74) is 1.14. The van der Waals surface area contributed by atoms with Gasteiger partial charge in [-0.05, 0) is 35.4 Å². The van der Waals surface area contributed by atoms with Crippen molar-refractivity contribution < 1.29 is 14.0 Å². The topological polar surface area (TPSA) is 84.0 Å². The molecule has 0 aliphatic rings. The van der Waals surface area contributed by atoms with E-state index in [9.17, 15) is 14.0 Å². The zero-order valence-corrected chi connectivity index (χ0v) is 17.9. The van der Waals surface area contributed by atoms with Crippen LogP contribution >= 0.6 is 11.6 Å². The van der Waals surface area contributed by atoms with Crippen molar-refractivity contribution in [3.63, 3.8) is 0 Å². The number of nitrogens with one attached hydrogen (secondary N) is 2. The van der Waals surface area contributed by atoms with Crippen LogP contribution in [-0.4, -0.2) is 28.3 Å². The summed E-state index contributed by atoms with van der Waals surface area (Å²) in [4.78, 5) is 33.4. The van der Waals surface area contributed by atoms with Gasteiger partial charge in [0.1, 0.15) is 5.82 Å². The molecule has 0 saturated carbocycles. The number of amides is 2. The summed E-state index contributed by atoms with van der Waals surface area (Å²) in [6.07, 6.45) is 2.70. The van der Waals surface area contributed by atoms with Crippen molar-refractivity contribution in [3.05, 3.63) is 94.3 Å². The molecule has 0 spiro atoms. The van der Waals surface area contributed by atoms with E-state index in [4.69, 9.17) is 11.6 Å². The molecule has 1 heterocycles. The summed E-state index contributed by atoms with van der Waals surface area (Å²) in [5, 5.41) is 6.12. The molecule has 160 valence electrons. The minimum atomic E-state index is -0.545. The predicted octanol–water partition coefficient (Wildman–Crippen LogP) is 3.91. The molecule has 0 unspecified atom stereocenters. The van der Waals surface area contributed by atoms with E-state index < -0.39 is 17.2 Å². The number of benzene rings is 2. The zero-order chi connectivity index (χ0) is 22.4. The Bertz CT molecular complexity index is 1090. The van der Waals surface area contributed by atoms with Gasteiger partial charge in [0, 0.05) is 35.9 Å². The van der Waals surface area contributed by atoms with Crippen LogP contribution in [0.15, 0.2) is 60.9 Å². The number of nitrogens with zero attached hydrogens (tertiary/aromatic N) is 2. The van der Waals surface area contributed by atoms with Crippen molar-refractivity contribution in [2.45, 2.75) is 25.8 Å². The molecule has 0 atom stereocenters. The van der Waals surface area contributed by atoms with Gasteiger partial charge in [0.05, 0.1) is 0 Å². The Kier molecular flexibility index (Phi) is 6.97. The Labute approximate surface area is 184 Å². The molecule has 1 aromatic heterocycles. The maximum atomic E-state index is 13.0. The first-order valence-electron chi connectivity index (χ1n) is 9.64. The standard InChI is InChI=1S/C23H22ClFN4O2/c1-23(2,16-4-3-5-17(24)12-16)14-29-22(31)20-19(26-10-11-27-20)21(30)28-13-15-6-8-18(25)9-7-15/h3-12H,13-14H2,1-2H3,(H,28,30)(H,29,31). The lowest BCUT2D eigenvalue weighted by Crippen LogP contribution is -2.38. The van der Waals surface area contributed by atoms with Crippen molar-refractivity contribution in [1.29, 1.82) is 0 Å². The zero-order valence-electron chi connectivity index (χ0n) is 17.2. The average molecular weight is 441 g/mol. The lowest BCUT2D eigenvalue weighted by atomic mass is 9.84. The normalized spacial score (nSPS) is 11.1. The van der Waals surface area contributed by atoms with E-state index in [1.807, 2.05) is 32.0 Å². The number of rotatable bonds is 7. The third-order valence-corrected chi connectivity index (χ3v) is 5.03. The van der Waals surface area contributed by atoms with Crippen molar-refractivity contribution >= 4 is 23.4 Å². The summed E-state index contributed by atoms with van der Waals surface area (Å²) in [7, 11) is 0. The molecular formula is C23H22ClFN4O2. The molecule has 2 N–H and O–H groups in total. The van der Waals surface area contributed by atoms with Crippen LogP contribution < -0.4 is 10.6 Å². The third kappa shape index (κ3) is 5.86. The number of carbonyl (C=O) groups excluding carboxylic acids is 2. The largest absolute Gasteiger partial charge is 0.350 e. The number of hydrogen-bond donors (Lipinski definition) is 2. The monoisotopic (exact) mass is 440 g/mol. The van der Waals surface area contributed by atoms with Gasteiger partial charge < -0.3 is 10.6 Å². The highest BCUT2D eigenvalue weighted by Gasteiger charge is 2.25. The molecule has 8 heteroatoms. The first-order valence-corrected chi connectivity index (χ1v) is 10.0.